The molecule has 1 heterocycles. The monoisotopic (exact) mass is 621 g/mol. The third-order valence-corrected chi connectivity index (χ3v) is 6.63. The van der Waals surface area contributed by atoms with Gasteiger partial charge in [-0.05, 0) is 42.9 Å². The van der Waals surface area contributed by atoms with Crippen molar-refractivity contribution < 1.29 is 48.7 Å². The molecule has 0 aromatic heterocycles. The SMILES string of the molecule is CC(=O)N[C@H]1C([C@H](OC(=O)NCCCOC(=O)[C@@H](C)c2ccc(CC(C)C)cc2)[C@H](O)CO)OC(C(=O)O)=C[C@@H]1N=C(N)N. The molecule has 1 unspecified atom stereocenters. The molecule has 1 aliphatic rings. The Morgan fingerprint density at radius 2 is 1.77 bits per heavy atom. The molecule has 0 spiro atoms. The number of hydrogen-bond acceptors (Lipinski definition) is 10. The van der Waals surface area contributed by atoms with Gasteiger partial charge in [0, 0.05) is 13.5 Å². The maximum Gasteiger partial charge on any atom is 0.407 e. The molecule has 9 N–H and O–H groups in total. The number of aliphatic carboxylic acids is 1. The summed E-state index contributed by atoms with van der Waals surface area (Å²) in [6, 6.07) is 5.41. The van der Waals surface area contributed by atoms with E-state index < -0.39 is 78.6 Å². The summed E-state index contributed by atoms with van der Waals surface area (Å²) in [5.74, 6) is -3.55. The topological polar surface area (TPSA) is 245 Å². The molecule has 0 saturated heterocycles. The first-order valence-electron chi connectivity index (χ1n) is 14.2. The van der Waals surface area contributed by atoms with Crippen molar-refractivity contribution in [2.75, 3.05) is 19.8 Å². The first kappa shape index (κ1) is 35.8. The number of hydrogen-bond donors (Lipinski definition) is 7. The molecule has 6 atom stereocenters. The van der Waals surface area contributed by atoms with E-state index in [0.717, 1.165) is 18.1 Å². The van der Waals surface area contributed by atoms with Crippen molar-refractivity contribution in [1.29, 1.82) is 0 Å². The Morgan fingerprint density at radius 3 is 2.32 bits per heavy atom. The van der Waals surface area contributed by atoms with Gasteiger partial charge in [0.1, 0.15) is 6.10 Å². The van der Waals surface area contributed by atoms with Crippen molar-refractivity contribution in [2.24, 2.45) is 22.4 Å². The fourth-order valence-electron chi connectivity index (χ4n) is 4.54. The van der Waals surface area contributed by atoms with Crippen LogP contribution < -0.4 is 22.1 Å². The zero-order chi connectivity index (χ0) is 33.0. The molecular formula is C29H43N5O10. The van der Waals surface area contributed by atoms with Gasteiger partial charge in [-0.15, -0.1) is 0 Å². The van der Waals surface area contributed by atoms with Gasteiger partial charge in [-0.2, -0.15) is 0 Å². The number of aliphatic imine (C=N–C) groups is 1. The smallest absolute Gasteiger partial charge is 0.407 e. The third kappa shape index (κ3) is 11.0. The highest BCUT2D eigenvalue weighted by molar-refractivity contribution is 5.85. The highest BCUT2D eigenvalue weighted by atomic mass is 16.6. The van der Waals surface area contributed by atoms with Crippen LogP contribution in [0.15, 0.2) is 41.1 Å². The van der Waals surface area contributed by atoms with Crippen molar-refractivity contribution >= 4 is 29.9 Å². The number of carboxylic acid groups (broad SMARTS) is 1. The third-order valence-electron chi connectivity index (χ3n) is 6.63. The minimum absolute atomic E-state index is 0.000876. The summed E-state index contributed by atoms with van der Waals surface area (Å²) < 4.78 is 16.1. The number of carbonyl (C=O) groups is 4. The van der Waals surface area contributed by atoms with Gasteiger partial charge in [0.25, 0.3) is 0 Å². The van der Waals surface area contributed by atoms with Gasteiger partial charge in [0.15, 0.2) is 18.2 Å². The van der Waals surface area contributed by atoms with Crippen LogP contribution in [-0.4, -0.2) is 95.4 Å². The second kappa shape index (κ2) is 17.1. The first-order valence-corrected chi connectivity index (χ1v) is 14.2. The minimum atomic E-state index is -1.75. The Bertz CT molecular complexity index is 1200. The molecule has 1 aliphatic heterocycles. The lowest BCUT2D eigenvalue weighted by Gasteiger charge is -2.39. The summed E-state index contributed by atoms with van der Waals surface area (Å²) in [5, 5.41) is 34.6. The lowest BCUT2D eigenvalue weighted by atomic mass is 9.92. The minimum Gasteiger partial charge on any atom is -0.477 e. The number of carboxylic acids is 1. The number of nitrogens with one attached hydrogen (secondary N) is 2. The number of benzene rings is 1. The Kier molecular flexibility index (Phi) is 13.9. The quantitative estimate of drug-likeness (QED) is 0.0587. The average molecular weight is 622 g/mol. The highest BCUT2D eigenvalue weighted by Crippen LogP contribution is 2.26. The maximum atomic E-state index is 12.6. The van der Waals surface area contributed by atoms with Gasteiger partial charge in [0.05, 0.1) is 31.2 Å². The summed E-state index contributed by atoms with van der Waals surface area (Å²) in [5.41, 5.74) is 12.9. The van der Waals surface area contributed by atoms with E-state index in [-0.39, 0.29) is 19.6 Å². The standard InChI is InChI=1S/C29H43N5O10/c1-15(2)12-18-6-8-19(9-7-18)16(3)27(40)42-11-5-10-32-29(41)44-24(21(37)14-35)25-23(33-17(4)36)20(34-28(30)31)13-22(43-25)26(38)39/h6-9,13,15-16,20-21,23-25,35,37H,5,10-12,14H2,1-4H3,(H,32,41)(H,33,36)(H,38,39)(H4,30,31,34)/t16-,20-,21+,23+,24+,25?/m0/s1. The molecule has 44 heavy (non-hydrogen) atoms. The predicted molar refractivity (Wildman–Crippen MR) is 158 cm³/mol. The maximum absolute atomic E-state index is 12.6. The second-order valence-electron chi connectivity index (χ2n) is 10.8. The zero-order valence-electron chi connectivity index (χ0n) is 25.3. The number of amides is 2. The van der Waals surface area contributed by atoms with Crippen LogP contribution >= 0.6 is 0 Å². The van der Waals surface area contributed by atoms with Crippen LogP contribution in [0.4, 0.5) is 4.79 Å². The number of aliphatic hydroxyl groups excluding tert-OH is 2. The molecule has 2 amide bonds. The average Bonchev–Trinajstić information content (AvgIpc) is 2.95. The van der Waals surface area contributed by atoms with Crippen LogP contribution in [0.1, 0.15) is 51.2 Å². The molecule has 0 bridgehead atoms. The molecule has 1 aromatic rings. The Balaban J connectivity index is 2.00. The number of nitrogens with zero attached hydrogens (tertiary/aromatic N) is 1. The molecule has 15 heteroatoms. The number of nitrogens with two attached hydrogens (primary N) is 2. The van der Waals surface area contributed by atoms with E-state index in [4.69, 9.17) is 25.7 Å². The molecule has 0 radical (unpaired) electrons. The fourth-order valence-corrected chi connectivity index (χ4v) is 4.54. The van der Waals surface area contributed by atoms with E-state index in [1.807, 2.05) is 24.3 Å². The Labute approximate surface area is 255 Å². The second-order valence-corrected chi connectivity index (χ2v) is 10.8. The number of aliphatic hydroxyl groups is 2. The number of rotatable bonds is 15. The lowest BCUT2D eigenvalue weighted by Crippen LogP contribution is -2.61. The molecule has 2 rings (SSSR count). The van der Waals surface area contributed by atoms with Crippen molar-refractivity contribution in [3.8, 4) is 0 Å². The molecule has 244 valence electrons. The molecular weight excluding hydrogens is 578 g/mol. The largest absolute Gasteiger partial charge is 0.477 e. The zero-order valence-corrected chi connectivity index (χ0v) is 25.3. The van der Waals surface area contributed by atoms with Crippen LogP contribution in [0, 0.1) is 5.92 Å². The number of ether oxygens (including phenoxy) is 3. The number of esters is 1. The van der Waals surface area contributed by atoms with Crippen molar-refractivity contribution in [2.45, 2.75) is 76.9 Å². The normalized spacial score (nSPS) is 19.8. The molecule has 1 aromatic carbocycles. The van der Waals surface area contributed by atoms with Gasteiger partial charge >= 0.3 is 18.0 Å². The van der Waals surface area contributed by atoms with E-state index in [1.165, 1.54) is 12.5 Å². The van der Waals surface area contributed by atoms with Crippen LogP contribution in [0.25, 0.3) is 0 Å². The molecule has 0 aliphatic carbocycles. The van der Waals surface area contributed by atoms with E-state index in [2.05, 4.69) is 29.5 Å². The van der Waals surface area contributed by atoms with Crippen molar-refractivity contribution in [3.63, 3.8) is 0 Å². The van der Waals surface area contributed by atoms with Crippen LogP contribution in [-0.2, 0) is 35.0 Å². The van der Waals surface area contributed by atoms with Crippen molar-refractivity contribution in [3.05, 3.63) is 47.2 Å². The van der Waals surface area contributed by atoms with Gasteiger partial charge < -0.3 is 51.6 Å². The van der Waals surface area contributed by atoms with Crippen LogP contribution in [0.3, 0.4) is 0 Å². The van der Waals surface area contributed by atoms with Crippen LogP contribution in [0.2, 0.25) is 0 Å². The van der Waals surface area contributed by atoms with Gasteiger partial charge in [0.2, 0.25) is 11.7 Å². The number of alkyl carbamates (subject to hydrolysis) is 1. The fraction of sp³-hybridized carbons (Fsp3) is 0.552. The predicted octanol–water partition coefficient (Wildman–Crippen LogP) is -0.116. The molecule has 15 nitrogen and oxygen atoms in total. The van der Waals surface area contributed by atoms with E-state index in [1.54, 1.807) is 6.92 Å². The number of guanidine groups is 1. The summed E-state index contributed by atoms with van der Waals surface area (Å²) in [6.07, 6.45) is -3.81. The summed E-state index contributed by atoms with van der Waals surface area (Å²) in [6.45, 7) is 6.28. The lowest BCUT2D eigenvalue weighted by molar-refractivity contribution is -0.146. The van der Waals surface area contributed by atoms with E-state index >= 15 is 0 Å². The van der Waals surface area contributed by atoms with Crippen molar-refractivity contribution in [1.82, 2.24) is 10.6 Å². The Morgan fingerprint density at radius 1 is 1.11 bits per heavy atom. The summed E-state index contributed by atoms with van der Waals surface area (Å²) in [4.78, 5) is 52.7. The van der Waals surface area contributed by atoms with Crippen LogP contribution in [0.5, 0.6) is 0 Å². The number of carbonyl (C=O) groups excluding carboxylic acids is 3. The van der Waals surface area contributed by atoms with Gasteiger partial charge in [-0.25, -0.2) is 14.6 Å². The van der Waals surface area contributed by atoms with E-state index in [9.17, 15) is 34.5 Å². The van der Waals surface area contributed by atoms with Gasteiger partial charge in [-0.3, -0.25) is 9.59 Å². The summed E-state index contributed by atoms with van der Waals surface area (Å²) in [7, 11) is 0. The van der Waals surface area contributed by atoms with Gasteiger partial charge in [-0.1, -0.05) is 38.1 Å². The first-order chi connectivity index (χ1) is 20.7. The summed E-state index contributed by atoms with van der Waals surface area (Å²) >= 11 is 0. The highest BCUT2D eigenvalue weighted by Gasteiger charge is 2.46. The molecule has 0 saturated carbocycles. The molecule has 0 fully saturated rings. The van der Waals surface area contributed by atoms with E-state index in [0.29, 0.717) is 5.92 Å². The Hall–Kier alpha value is -4.37.